The van der Waals surface area contributed by atoms with E-state index in [9.17, 15) is 14.4 Å². The molecule has 2 amide bonds. The summed E-state index contributed by atoms with van der Waals surface area (Å²) >= 11 is 13.6. The number of carbonyl (C=O) groups excluding carboxylic acids is 5. The fourth-order valence-electron chi connectivity index (χ4n) is 7.23. The predicted molar refractivity (Wildman–Crippen MR) is 275 cm³/mol. The van der Waals surface area contributed by atoms with Gasteiger partial charge in [0.05, 0.1) is 39.9 Å². The van der Waals surface area contributed by atoms with Crippen LogP contribution in [0.15, 0.2) is 125 Å². The maximum absolute atomic E-state index is 13.7. The molecule has 7 rings (SSSR count). The van der Waals surface area contributed by atoms with Crippen molar-refractivity contribution in [2.45, 2.75) is 71.9 Å². The summed E-state index contributed by atoms with van der Waals surface area (Å²) in [4.78, 5) is 56.3. The number of nitriles is 1. The Kier molecular flexibility index (Phi) is 21.8. The maximum atomic E-state index is 13.7. The summed E-state index contributed by atoms with van der Waals surface area (Å²) in [6, 6.07) is 33.0. The molecule has 0 radical (unpaired) electrons. The van der Waals surface area contributed by atoms with Crippen molar-refractivity contribution >= 4 is 66.3 Å². The van der Waals surface area contributed by atoms with E-state index in [1.807, 2.05) is 125 Å². The zero-order chi connectivity index (χ0) is 51.5. The van der Waals surface area contributed by atoms with E-state index in [-0.39, 0.29) is 24.3 Å². The molecule has 16 heteroatoms. The molecule has 0 bridgehead atoms. The summed E-state index contributed by atoms with van der Waals surface area (Å²) in [6.45, 7) is 16.5. The van der Waals surface area contributed by atoms with Gasteiger partial charge < -0.3 is 39.2 Å². The zero-order valence-electron chi connectivity index (χ0n) is 39.9. The number of methoxy groups -OCH3 is 1. The van der Waals surface area contributed by atoms with E-state index in [0.29, 0.717) is 64.1 Å². The third-order valence-electron chi connectivity index (χ3n) is 11.1. The minimum absolute atomic E-state index is 0.0749. The third kappa shape index (κ3) is 15.8. The van der Waals surface area contributed by atoms with Crippen LogP contribution in [0.4, 0.5) is 0 Å². The molecule has 2 aliphatic rings. The Balaban J connectivity index is 0.000000579. The number of halogens is 2. The number of esters is 1. The quantitative estimate of drug-likeness (QED) is 0.107. The number of fused-ring (bicyclic) bond motifs is 2. The van der Waals surface area contributed by atoms with Gasteiger partial charge in [0.1, 0.15) is 38.6 Å². The standard InChI is InChI=1S/C43H37Cl2N3O6.C9H15NOS.2CH2O/c1-48-23-33-21-40-39(53-25-41(54-40)31-12-14-34(15-13-31)52-24-28-7-16-35(44)36(45)17-28)20-32(33)19-38(48)42(49)47-37(43(50)51-2)18-26-3-8-29(9-4-26)30-10-5-27(22-46)6-11-30;1-6(2)7(3)12-9(5)10-8(4)11;2*1-2/h3-17,20-21,37-38,41H,18-19,23-25H2,1-2H3,(H,47,49);5H2,1-4H3,(H,10,11);2*1H2/t37-,38?,41?;;;/m0.../s1. The van der Waals surface area contributed by atoms with E-state index in [0.717, 1.165) is 38.9 Å². The molecule has 0 aromatic heterocycles. The number of rotatable bonds is 13. The molecule has 366 valence electrons. The van der Waals surface area contributed by atoms with Crippen LogP contribution in [0.5, 0.6) is 17.2 Å². The second kappa shape index (κ2) is 27.3. The average molecular weight is 1010 g/mol. The lowest BCUT2D eigenvalue weighted by atomic mass is 9.92. The first kappa shape index (κ1) is 55.7. The van der Waals surface area contributed by atoms with Crippen molar-refractivity contribution in [3.05, 3.63) is 169 Å². The highest BCUT2D eigenvalue weighted by Crippen LogP contribution is 2.41. The molecule has 0 saturated heterocycles. The van der Waals surface area contributed by atoms with Gasteiger partial charge in [0.2, 0.25) is 11.8 Å². The lowest BCUT2D eigenvalue weighted by molar-refractivity contribution is -0.145. The lowest BCUT2D eigenvalue weighted by Gasteiger charge is -2.35. The Bertz CT molecular complexity index is 2680. The van der Waals surface area contributed by atoms with Crippen LogP contribution in [-0.4, -0.2) is 69.1 Å². The molecule has 2 N–H and O–H groups in total. The van der Waals surface area contributed by atoms with Gasteiger partial charge in [0.25, 0.3) is 0 Å². The highest BCUT2D eigenvalue weighted by molar-refractivity contribution is 8.06. The van der Waals surface area contributed by atoms with E-state index in [1.165, 1.54) is 36.3 Å². The smallest absolute Gasteiger partial charge is 0.328 e. The van der Waals surface area contributed by atoms with E-state index in [4.69, 9.17) is 57.0 Å². The molecule has 2 unspecified atom stereocenters. The van der Waals surface area contributed by atoms with Crippen LogP contribution in [0.25, 0.3) is 11.1 Å². The summed E-state index contributed by atoms with van der Waals surface area (Å²) < 4.78 is 23.6. The Hall–Kier alpha value is -6.89. The third-order valence-corrected chi connectivity index (χ3v) is 12.9. The second-order valence-corrected chi connectivity index (χ2v) is 18.3. The molecular formula is C54H56Cl2N4O9S. The number of benzene rings is 5. The molecule has 5 aromatic carbocycles. The van der Waals surface area contributed by atoms with Gasteiger partial charge in [-0.15, -0.1) is 0 Å². The first-order valence-electron chi connectivity index (χ1n) is 21.8. The molecule has 70 heavy (non-hydrogen) atoms. The number of hydrogen-bond donors (Lipinski definition) is 2. The minimum Gasteiger partial charge on any atom is -0.489 e. The summed E-state index contributed by atoms with van der Waals surface area (Å²) in [7, 11) is 3.21. The second-order valence-electron chi connectivity index (χ2n) is 16.2. The molecule has 0 spiro atoms. The van der Waals surface area contributed by atoms with Crippen molar-refractivity contribution in [2.24, 2.45) is 0 Å². The number of amides is 2. The van der Waals surface area contributed by atoms with Gasteiger partial charge in [0.15, 0.2) is 17.6 Å². The van der Waals surface area contributed by atoms with E-state index < -0.39 is 18.1 Å². The molecule has 3 atom stereocenters. The van der Waals surface area contributed by atoms with Crippen LogP contribution in [0.2, 0.25) is 10.0 Å². The zero-order valence-corrected chi connectivity index (χ0v) is 42.3. The number of nitrogens with zero attached hydrogens (tertiary/aromatic N) is 2. The number of thioether (sulfide) groups is 1. The van der Waals surface area contributed by atoms with Crippen molar-refractivity contribution in [3.63, 3.8) is 0 Å². The van der Waals surface area contributed by atoms with E-state index in [1.54, 1.807) is 24.3 Å². The first-order chi connectivity index (χ1) is 33.6. The summed E-state index contributed by atoms with van der Waals surface area (Å²) in [5.41, 5.74) is 8.58. The van der Waals surface area contributed by atoms with Gasteiger partial charge >= 0.3 is 5.97 Å². The summed E-state index contributed by atoms with van der Waals surface area (Å²) in [6.07, 6.45) is 0.407. The molecule has 2 aliphatic heterocycles. The highest BCUT2D eigenvalue weighted by Gasteiger charge is 2.34. The summed E-state index contributed by atoms with van der Waals surface area (Å²) in [5.74, 6) is 1.15. The van der Waals surface area contributed by atoms with Crippen LogP contribution in [0, 0.1) is 11.3 Å². The van der Waals surface area contributed by atoms with Crippen molar-refractivity contribution in [2.75, 3.05) is 20.8 Å². The van der Waals surface area contributed by atoms with E-state index in [2.05, 4.69) is 23.3 Å². The Morgan fingerprint density at radius 1 is 0.843 bits per heavy atom. The Labute approximate surface area is 423 Å². The largest absolute Gasteiger partial charge is 0.489 e. The number of carbonyl (C=O) groups is 5. The normalized spacial score (nSPS) is 14.6. The van der Waals surface area contributed by atoms with Crippen LogP contribution in [0.3, 0.4) is 0 Å². The first-order valence-corrected chi connectivity index (χ1v) is 23.3. The molecule has 0 aliphatic carbocycles. The molecule has 0 fully saturated rings. The van der Waals surface area contributed by atoms with Crippen molar-refractivity contribution in [1.29, 1.82) is 5.26 Å². The maximum Gasteiger partial charge on any atom is 0.328 e. The predicted octanol–water partition coefficient (Wildman–Crippen LogP) is 10.2. The number of hydrogen-bond acceptors (Lipinski definition) is 12. The molecular weight excluding hydrogens is 952 g/mol. The molecule has 13 nitrogen and oxygen atoms in total. The lowest BCUT2D eigenvalue weighted by Crippen LogP contribution is -2.53. The number of ether oxygens (including phenoxy) is 4. The minimum atomic E-state index is -0.863. The van der Waals surface area contributed by atoms with Crippen molar-refractivity contribution in [3.8, 4) is 34.4 Å². The van der Waals surface area contributed by atoms with Gasteiger partial charge in [-0.25, -0.2) is 4.79 Å². The fourth-order valence-corrected chi connectivity index (χ4v) is 8.32. The van der Waals surface area contributed by atoms with Crippen LogP contribution >= 0.6 is 35.0 Å². The van der Waals surface area contributed by atoms with Gasteiger partial charge in [-0.1, -0.05) is 102 Å². The van der Waals surface area contributed by atoms with Gasteiger partial charge in [0, 0.05) is 19.9 Å². The summed E-state index contributed by atoms with van der Waals surface area (Å²) in [5, 5.41) is 16.3. The van der Waals surface area contributed by atoms with Crippen LogP contribution in [0.1, 0.15) is 67.2 Å². The van der Waals surface area contributed by atoms with Gasteiger partial charge in [-0.05, 0) is 127 Å². The SMILES string of the molecule is C=C(NC(C)=O)SC(C)=C(C)C.C=O.C=O.COC(=O)[C@H](Cc1ccc(-c2ccc(C#N)cc2)cc1)NC(=O)C1Cc2cc3c(cc2CN1C)OC(c1ccc(OCc2ccc(Cl)c(Cl)c2)cc1)CO3. The number of nitrogens with one attached hydrogen (secondary N) is 2. The van der Waals surface area contributed by atoms with Crippen molar-refractivity contribution in [1.82, 2.24) is 15.5 Å². The van der Waals surface area contributed by atoms with Gasteiger partial charge in [-0.2, -0.15) is 5.26 Å². The average Bonchev–Trinajstić information content (AvgIpc) is 3.36. The monoisotopic (exact) mass is 1010 g/mol. The van der Waals surface area contributed by atoms with Gasteiger partial charge in [-0.3, -0.25) is 14.5 Å². The van der Waals surface area contributed by atoms with Crippen LogP contribution in [-0.2, 0) is 54.7 Å². The highest BCUT2D eigenvalue weighted by atomic mass is 35.5. The Morgan fingerprint density at radius 3 is 2.04 bits per heavy atom. The number of allylic oxidation sites excluding steroid dienone is 2. The molecule has 5 aromatic rings. The molecule has 2 heterocycles. The van der Waals surface area contributed by atoms with Crippen molar-refractivity contribution < 1.29 is 42.9 Å². The Morgan fingerprint density at radius 2 is 1.46 bits per heavy atom. The fraction of sp³-hybridized carbons (Fsp3) is 0.259. The topological polar surface area (TPSA) is 173 Å². The molecule has 0 saturated carbocycles. The number of likely N-dealkylation sites (N-methyl/N-ethyl adjacent to an activating group) is 1. The van der Waals surface area contributed by atoms with Crippen LogP contribution < -0.4 is 24.8 Å². The van der Waals surface area contributed by atoms with E-state index >= 15 is 0 Å².